The predicted octanol–water partition coefficient (Wildman–Crippen LogP) is 2.82. The lowest BCUT2D eigenvalue weighted by Crippen LogP contribution is -2.10. The van der Waals surface area contributed by atoms with E-state index in [1.807, 2.05) is 0 Å². The highest BCUT2D eigenvalue weighted by atomic mass is 19.4. The van der Waals surface area contributed by atoms with E-state index in [2.05, 4.69) is 0 Å². The number of aromatic hydroxyl groups is 1. The molecule has 5 heteroatoms. The minimum Gasteiger partial charge on any atom is -0.508 e. The first-order valence-corrected chi connectivity index (χ1v) is 4.52. The highest BCUT2D eigenvalue weighted by Gasteiger charge is 2.31. The Morgan fingerprint density at radius 2 is 2.00 bits per heavy atom. The van der Waals surface area contributed by atoms with Gasteiger partial charge in [-0.15, -0.1) is 0 Å². The van der Waals surface area contributed by atoms with Gasteiger partial charge in [0.05, 0.1) is 5.56 Å². The summed E-state index contributed by atoms with van der Waals surface area (Å²) in [7, 11) is 0. The van der Waals surface area contributed by atoms with E-state index in [1.165, 1.54) is 6.07 Å². The third-order valence-electron chi connectivity index (χ3n) is 2.20. The second-order valence-electron chi connectivity index (χ2n) is 3.29. The monoisotopic (exact) mass is 219 g/mol. The van der Waals surface area contributed by atoms with E-state index in [9.17, 15) is 18.3 Å². The zero-order chi connectivity index (χ0) is 11.6. The number of hydrogen-bond donors (Lipinski definition) is 2. The Morgan fingerprint density at radius 3 is 2.40 bits per heavy atom. The molecule has 84 valence electrons. The molecule has 3 N–H and O–H groups in total. The van der Waals surface area contributed by atoms with Gasteiger partial charge in [0.1, 0.15) is 5.75 Å². The molecule has 1 aromatic rings. The summed E-state index contributed by atoms with van der Waals surface area (Å²) in [5, 5.41) is 9.38. The molecular weight excluding hydrogens is 207 g/mol. The van der Waals surface area contributed by atoms with Gasteiger partial charge in [-0.05, 0) is 18.6 Å². The van der Waals surface area contributed by atoms with Crippen molar-refractivity contribution in [1.29, 1.82) is 0 Å². The Hall–Kier alpha value is -1.23. The molecule has 1 aromatic carbocycles. The third kappa shape index (κ3) is 2.62. The van der Waals surface area contributed by atoms with Gasteiger partial charge in [0, 0.05) is 11.6 Å². The van der Waals surface area contributed by atoms with Crippen molar-refractivity contribution in [2.24, 2.45) is 5.73 Å². The molecule has 0 aliphatic heterocycles. The van der Waals surface area contributed by atoms with Crippen molar-refractivity contribution >= 4 is 0 Å². The Morgan fingerprint density at radius 1 is 1.40 bits per heavy atom. The summed E-state index contributed by atoms with van der Waals surface area (Å²) in [4.78, 5) is 0. The van der Waals surface area contributed by atoms with Crippen LogP contribution in [-0.2, 0) is 6.18 Å². The summed E-state index contributed by atoms with van der Waals surface area (Å²) in [5.74, 6) is -0.404. The molecule has 0 aromatic heterocycles. The standard InChI is InChI=1S/C10H12F3NO/c1-2-8(14)7-4-3-6(5-9(7)15)10(11,12)13/h3-5,8,15H,2,14H2,1H3. The van der Waals surface area contributed by atoms with Crippen molar-refractivity contribution in [1.82, 2.24) is 0 Å². The molecule has 0 saturated carbocycles. The lowest BCUT2D eigenvalue weighted by atomic mass is 10.0. The number of benzene rings is 1. The second-order valence-corrected chi connectivity index (χ2v) is 3.29. The van der Waals surface area contributed by atoms with Crippen LogP contribution in [0, 0.1) is 0 Å². The number of rotatable bonds is 2. The van der Waals surface area contributed by atoms with Crippen molar-refractivity contribution in [3.05, 3.63) is 29.3 Å². The second kappa shape index (κ2) is 4.10. The topological polar surface area (TPSA) is 46.2 Å². The number of halogens is 3. The van der Waals surface area contributed by atoms with Crippen LogP contribution < -0.4 is 5.73 Å². The van der Waals surface area contributed by atoms with Crippen LogP contribution in [0.3, 0.4) is 0 Å². The Labute approximate surface area is 85.5 Å². The van der Waals surface area contributed by atoms with Crippen LogP contribution in [0.1, 0.15) is 30.5 Å². The predicted molar refractivity (Wildman–Crippen MR) is 50.3 cm³/mol. The van der Waals surface area contributed by atoms with E-state index < -0.39 is 23.5 Å². The number of nitrogens with two attached hydrogens (primary N) is 1. The van der Waals surface area contributed by atoms with Crippen LogP contribution in [0.5, 0.6) is 5.75 Å². The molecule has 15 heavy (non-hydrogen) atoms. The quantitative estimate of drug-likeness (QED) is 0.803. The van der Waals surface area contributed by atoms with Crippen molar-refractivity contribution in [2.45, 2.75) is 25.6 Å². The van der Waals surface area contributed by atoms with Gasteiger partial charge in [-0.1, -0.05) is 13.0 Å². The highest BCUT2D eigenvalue weighted by molar-refractivity contribution is 5.39. The van der Waals surface area contributed by atoms with Crippen LogP contribution in [-0.4, -0.2) is 5.11 Å². The maximum atomic E-state index is 12.2. The van der Waals surface area contributed by atoms with Crippen molar-refractivity contribution in [3.63, 3.8) is 0 Å². The Balaban J connectivity index is 3.09. The molecule has 0 saturated heterocycles. The van der Waals surface area contributed by atoms with Crippen LogP contribution in [0.2, 0.25) is 0 Å². The van der Waals surface area contributed by atoms with E-state index in [1.54, 1.807) is 6.92 Å². The van der Waals surface area contributed by atoms with Crippen LogP contribution >= 0.6 is 0 Å². The van der Waals surface area contributed by atoms with Gasteiger partial charge in [0.2, 0.25) is 0 Å². The van der Waals surface area contributed by atoms with Gasteiger partial charge in [-0.25, -0.2) is 0 Å². The lowest BCUT2D eigenvalue weighted by Gasteiger charge is -2.13. The molecule has 0 fully saturated rings. The minimum atomic E-state index is -4.44. The average molecular weight is 219 g/mol. The molecule has 0 spiro atoms. The molecule has 2 nitrogen and oxygen atoms in total. The number of alkyl halides is 3. The zero-order valence-corrected chi connectivity index (χ0v) is 8.17. The first kappa shape index (κ1) is 11.8. The fourth-order valence-corrected chi connectivity index (χ4v) is 1.25. The lowest BCUT2D eigenvalue weighted by molar-refractivity contribution is -0.137. The van der Waals surface area contributed by atoms with Crippen molar-refractivity contribution in [2.75, 3.05) is 0 Å². The largest absolute Gasteiger partial charge is 0.508 e. The van der Waals surface area contributed by atoms with Crippen LogP contribution in [0.25, 0.3) is 0 Å². The van der Waals surface area contributed by atoms with Crippen LogP contribution in [0.4, 0.5) is 13.2 Å². The summed E-state index contributed by atoms with van der Waals surface area (Å²) >= 11 is 0. The third-order valence-corrected chi connectivity index (χ3v) is 2.20. The maximum absolute atomic E-state index is 12.2. The summed E-state index contributed by atoms with van der Waals surface area (Å²) in [5.41, 5.74) is 5.08. The van der Waals surface area contributed by atoms with E-state index in [-0.39, 0.29) is 0 Å². The molecule has 0 heterocycles. The number of phenols is 1. The molecule has 0 radical (unpaired) electrons. The Bertz CT molecular complexity index is 349. The molecule has 0 aliphatic rings. The molecule has 1 unspecified atom stereocenters. The SMILES string of the molecule is CCC(N)c1ccc(C(F)(F)F)cc1O. The van der Waals surface area contributed by atoms with E-state index >= 15 is 0 Å². The molecule has 0 amide bonds. The highest BCUT2D eigenvalue weighted by Crippen LogP contribution is 2.34. The van der Waals surface area contributed by atoms with Gasteiger partial charge >= 0.3 is 6.18 Å². The van der Waals surface area contributed by atoms with Crippen molar-refractivity contribution in [3.8, 4) is 5.75 Å². The summed E-state index contributed by atoms with van der Waals surface area (Å²) in [6.45, 7) is 1.79. The van der Waals surface area contributed by atoms with E-state index in [4.69, 9.17) is 5.73 Å². The summed E-state index contributed by atoms with van der Waals surface area (Å²) in [6, 6.07) is 2.40. The zero-order valence-electron chi connectivity index (χ0n) is 8.17. The van der Waals surface area contributed by atoms with Gasteiger partial charge in [0.25, 0.3) is 0 Å². The van der Waals surface area contributed by atoms with E-state index in [0.717, 1.165) is 6.07 Å². The first-order chi connectivity index (χ1) is 6.86. The average Bonchev–Trinajstić information content (AvgIpc) is 2.15. The number of hydrogen-bond acceptors (Lipinski definition) is 2. The fraction of sp³-hybridized carbons (Fsp3) is 0.400. The minimum absolute atomic E-state index is 0.338. The maximum Gasteiger partial charge on any atom is 0.416 e. The van der Waals surface area contributed by atoms with Crippen molar-refractivity contribution < 1.29 is 18.3 Å². The van der Waals surface area contributed by atoms with Crippen LogP contribution in [0.15, 0.2) is 18.2 Å². The molecular formula is C10H12F3NO. The van der Waals surface area contributed by atoms with Gasteiger partial charge in [0.15, 0.2) is 0 Å². The van der Waals surface area contributed by atoms with Gasteiger partial charge in [-0.2, -0.15) is 13.2 Å². The van der Waals surface area contributed by atoms with Gasteiger partial charge in [-0.3, -0.25) is 0 Å². The molecule has 0 bridgehead atoms. The van der Waals surface area contributed by atoms with E-state index in [0.29, 0.717) is 18.1 Å². The molecule has 1 atom stereocenters. The molecule has 0 aliphatic carbocycles. The Kier molecular flexibility index (Phi) is 3.24. The number of phenolic OH excluding ortho intramolecular Hbond substituents is 1. The first-order valence-electron chi connectivity index (χ1n) is 4.52. The summed E-state index contributed by atoms with van der Waals surface area (Å²) in [6.07, 6.45) is -3.88. The normalized spacial score (nSPS) is 13.9. The summed E-state index contributed by atoms with van der Waals surface area (Å²) < 4.78 is 36.7. The molecule has 1 rings (SSSR count). The fourth-order valence-electron chi connectivity index (χ4n) is 1.25. The smallest absolute Gasteiger partial charge is 0.416 e. The van der Waals surface area contributed by atoms with Gasteiger partial charge < -0.3 is 10.8 Å².